The molecule has 0 radical (unpaired) electrons. The van der Waals surface area contributed by atoms with E-state index < -0.39 is 0 Å². The highest BCUT2D eigenvalue weighted by molar-refractivity contribution is 8.18. The molecule has 1 N–H and O–H groups in total. The standard InChI is InChI=1S/C33H30N2O5S/c1-4-39-29-17-23(11-14-28(29)40-20-31(36)34-27-13-9-21(2)22(3)15-27)18-30-32(37)35(33(38)41-30)19-24-10-12-25-7-5-6-8-26(25)16-24/h5-18H,4,19-20H2,1-3H3,(H,34,36)/b30-18-. The van der Waals surface area contributed by atoms with Crippen molar-refractivity contribution in [3.63, 3.8) is 0 Å². The summed E-state index contributed by atoms with van der Waals surface area (Å²) in [6.45, 7) is 6.24. The lowest BCUT2D eigenvalue weighted by molar-refractivity contribution is -0.123. The van der Waals surface area contributed by atoms with Crippen LogP contribution in [-0.2, 0) is 16.1 Å². The molecule has 0 spiro atoms. The number of nitrogens with one attached hydrogen (secondary N) is 1. The second-order valence-electron chi connectivity index (χ2n) is 9.72. The quantitative estimate of drug-likeness (QED) is 0.217. The molecule has 0 saturated carbocycles. The van der Waals surface area contributed by atoms with E-state index in [4.69, 9.17) is 9.47 Å². The molecule has 8 heteroatoms. The van der Waals surface area contributed by atoms with E-state index >= 15 is 0 Å². The highest BCUT2D eigenvalue weighted by Crippen LogP contribution is 2.35. The first-order valence-corrected chi connectivity index (χ1v) is 14.1. The van der Waals surface area contributed by atoms with Crippen LogP contribution in [0.2, 0.25) is 0 Å². The monoisotopic (exact) mass is 566 g/mol. The number of carbonyl (C=O) groups is 3. The number of ether oxygens (including phenoxy) is 2. The number of anilines is 1. The van der Waals surface area contributed by atoms with Crippen molar-refractivity contribution in [1.29, 1.82) is 0 Å². The highest BCUT2D eigenvalue weighted by atomic mass is 32.2. The van der Waals surface area contributed by atoms with Gasteiger partial charge in [-0.25, -0.2) is 0 Å². The third-order valence-corrected chi connectivity index (χ3v) is 7.65. The molecule has 3 amide bonds. The number of fused-ring (bicyclic) bond motifs is 1. The van der Waals surface area contributed by atoms with Crippen LogP contribution in [0.4, 0.5) is 10.5 Å². The van der Waals surface area contributed by atoms with Gasteiger partial charge in [0, 0.05) is 5.69 Å². The lowest BCUT2D eigenvalue weighted by Crippen LogP contribution is -2.27. The van der Waals surface area contributed by atoms with Crippen molar-refractivity contribution in [1.82, 2.24) is 4.90 Å². The summed E-state index contributed by atoms with van der Waals surface area (Å²) in [6.07, 6.45) is 1.67. The molecule has 1 aliphatic heterocycles. The van der Waals surface area contributed by atoms with E-state index in [9.17, 15) is 14.4 Å². The van der Waals surface area contributed by atoms with E-state index in [1.54, 1.807) is 24.3 Å². The molecule has 1 fully saturated rings. The van der Waals surface area contributed by atoms with Crippen molar-refractivity contribution in [3.8, 4) is 11.5 Å². The van der Waals surface area contributed by atoms with E-state index in [0.29, 0.717) is 34.3 Å². The Balaban J connectivity index is 1.26. The van der Waals surface area contributed by atoms with Gasteiger partial charge in [0.05, 0.1) is 18.1 Å². The molecule has 0 unspecified atom stereocenters. The number of nitrogens with zero attached hydrogens (tertiary/aromatic N) is 1. The topological polar surface area (TPSA) is 84.9 Å². The Bertz CT molecular complexity index is 1680. The number of carbonyl (C=O) groups excluding carboxylic acids is 3. The maximum atomic E-state index is 13.1. The Morgan fingerprint density at radius 3 is 2.46 bits per heavy atom. The van der Waals surface area contributed by atoms with Gasteiger partial charge in [-0.3, -0.25) is 19.3 Å². The molecule has 0 bridgehead atoms. The maximum Gasteiger partial charge on any atom is 0.293 e. The van der Waals surface area contributed by atoms with E-state index in [0.717, 1.165) is 39.2 Å². The fourth-order valence-corrected chi connectivity index (χ4v) is 5.31. The van der Waals surface area contributed by atoms with Crippen LogP contribution in [0.25, 0.3) is 16.8 Å². The molecule has 41 heavy (non-hydrogen) atoms. The van der Waals surface area contributed by atoms with Gasteiger partial charge in [0.2, 0.25) is 0 Å². The zero-order chi connectivity index (χ0) is 28.9. The fraction of sp³-hybridized carbons (Fsp3) is 0.182. The van der Waals surface area contributed by atoms with Crippen LogP contribution in [0.15, 0.2) is 83.8 Å². The van der Waals surface area contributed by atoms with Gasteiger partial charge >= 0.3 is 0 Å². The molecule has 0 aromatic heterocycles. The van der Waals surface area contributed by atoms with E-state index in [1.807, 2.05) is 81.4 Å². The summed E-state index contributed by atoms with van der Waals surface area (Å²) in [5.74, 6) is 0.216. The maximum absolute atomic E-state index is 13.1. The third-order valence-electron chi connectivity index (χ3n) is 6.74. The molecule has 208 valence electrons. The van der Waals surface area contributed by atoms with Gasteiger partial charge < -0.3 is 14.8 Å². The zero-order valence-corrected chi connectivity index (χ0v) is 23.9. The Hall–Kier alpha value is -4.56. The Kier molecular flexibility index (Phi) is 8.40. The van der Waals surface area contributed by atoms with E-state index in [-0.39, 0.29) is 30.2 Å². The number of benzene rings is 4. The van der Waals surface area contributed by atoms with Crippen LogP contribution < -0.4 is 14.8 Å². The lowest BCUT2D eigenvalue weighted by atomic mass is 10.1. The summed E-state index contributed by atoms with van der Waals surface area (Å²) in [5, 5.41) is 4.69. The van der Waals surface area contributed by atoms with E-state index in [2.05, 4.69) is 5.32 Å². The van der Waals surface area contributed by atoms with E-state index in [1.165, 1.54) is 4.90 Å². The summed E-state index contributed by atoms with van der Waals surface area (Å²) < 4.78 is 11.5. The average Bonchev–Trinajstić information content (AvgIpc) is 3.22. The van der Waals surface area contributed by atoms with Gasteiger partial charge in [-0.2, -0.15) is 0 Å². The molecule has 1 aliphatic rings. The van der Waals surface area contributed by atoms with Crippen LogP contribution in [0, 0.1) is 13.8 Å². The number of rotatable bonds is 9. The molecule has 0 aliphatic carbocycles. The second-order valence-corrected chi connectivity index (χ2v) is 10.7. The molecule has 5 rings (SSSR count). The van der Waals surface area contributed by atoms with Gasteiger partial charge in [0.15, 0.2) is 18.1 Å². The van der Waals surface area contributed by atoms with Crippen LogP contribution >= 0.6 is 11.8 Å². The molecule has 0 atom stereocenters. The zero-order valence-electron chi connectivity index (χ0n) is 23.1. The lowest BCUT2D eigenvalue weighted by Gasteiger charge is -2.14. The summed E-state index contributed by atoms with van der Waals surface area (Å²) >= 11 is 0.913. The molecule has 1 heterocycles. The second kappa shape index (κ2) is 12.3. The summed E-state index contributed by atoms with van der Waals surface area (Å²) in [6, 6.07) is 24.8. The van der Waals surface area contributed by atoms with Gasteiger partial charge in [-0.15, -0.1) is 0 Å². The molecule has 4 aromatic carbocycles. The van der Waals surface area contributed by atoms with Crippen LogP contribution in [0.1, 0.15) is 29.2 Å². The van der Waals surface area contributed by atoms with Crippen LogP contribution in [0.5, 0.6) is 11.5 Å². The molecule has 4 aromatic rings. The smallest absolute Gasteiger partial charge is 0.293 e. The first-order chi connectivity index (χ1) is 19.8. The van der Waals surface area contributed by atoms with Crippen LogP contribution in [0.3, 0.4) is 0 Å². The summed E-state index contributed by atoms with van der Waals surface area (Å²) in [5.41, 5.74) is 4.50. The largest absolute Gasteiger partial charge is 0.490 e. The average molecular weight is 567 g/mol. The number of imide groups is 1. The number of amides is 3. The molecular formula is C33H30N2O5S. The minimum absolute atomic E-state index is 0.194. The van der Waals surface area contributed by atoms with Gasteiger partial charge in [-0.05, 0) is 102 Å². The van der Waals surface area contributed by atoms with Gasteiger partial charge in [0.1, 0.15) is 0 Å². The Labute approximate surface area is 243 Å². The van der Waals surface area contributed by atoms with Crippen molar-refractivity contribution in [2.24, 2.45) is 0 Å². The predicted octanol–water partition coefficient (Wildman–Crippen LogP) is 7.11. The van der Waals surface area contributed by atoms with Crippen molar-refractivity contribution in [2.75, 3.05) is 18.5 Å². The number of aryl methyl sites for hydroxylation is 2. The fourth-order valence-electron chi connectivity index (χ4n) is 4.47. The number of hydrogen-bond donors (Lipinski definition) is 1. The van der Waals surface area contributed by atoms with Crippen molar-refractivity contribution in [2.45, 2.75) is 27.3 Å². The summed E-state index contributed by atoms with van der Waals surface area (Å²) in [4.78, 5) is 40.0. The SMILES string of the molecule is CCOc1cc(/C=C2\SC(=O)N(Cc3ccc4ccccc4c3)C2=O)ccc1OCC(=O)Nc1ccc(C)c(C)c1. The van der Waals surface area contributed by atoms with Crippen LogP contribution in [-0.4, -0.2) is 35.2 Å². The normalized spacial score (nSPS) is 14.1. The van der Waals surface area contributed by atoms with Gasteiger partial charge in [0.25, 0.3) is 17.1 Å². The first-order valence-electron chi connectivity index (χ1n) is 13.3. The highest BCUT2D eigenvalue weighted by Gasteiger charge is 2.35. The van der Waals surface area contributed by atoms with Crippen molar-refractivity contribution < 1.29 is 23.9 Å². The van der Waals surface area contributed by atoms with Gasteiger partial charge in [-0.1, -0.05) is 48.5 Å². The number of hydrogen-bond acceptors (Lipinski definition) is 6. The number of thioether (sulfide) groups is 1. The first kappa shape index (κ1) is 28.0. The summed E-state index contributed by atoms with van der Waals surface area (Å²) in [7, 11) is 0. The predicted molar refractivity (Wildman–Crippen MR) is 163 cm³/mol. The minimum atomic E-state index is -0.338. The van der Waals surface area contributed by atoms with Crippen molar-refractivity contribution in [3.05, 3.63) is 106 Å². The third kappa shape index (κ3) is 6.61. The Morgan fingerprint density at radius 2 is 1.68 bits per heavy atom. The molecular weight excluding hydrogens is 536 g/mol. The Morgan fingerprint density at radius 1 is 0.878 bits per heavy atom. The molecule has 1 saturated heterocycles. The minimum Gasteiger partial charge on any atom is -0.490 e. The molecule has 7 nitrogen and oxygen atoms in total. The van der Waals surface area contributed by atoms with Crippen molar-refractivity contribution >= 4 is 51.4 Å².